The molecule has 2 amide bonds. The number of carbonyl (C=O) groups is 2. The summed E-state index contributed by atoms with van der Waals surface area (Å²) in [6.45, 7) is 4.41. The van der Waals surface area contributed by atoms with Gasteiger partial charge in [-0.2, -0.15) is 0 Å². The Labute approximate surface area is 84.7 Å². The minimum atomic E-state index is -0.00208. The van der Waals surface area contributed by atoms with Gasteiger partial charge >= 0.3 is 0 Å². The van der Waals surface area contributed by atoms with Crippen LogP contribution in [0.15, 0.2) is 0 Å². The van der Waals surface area contributed by atoms with Crippen LogP contribution in [0.1, 0.15) is 32.6 Å². The number of piperidine rings is 1. The van der Waals surface area contributed by atoms with Crippen molar-refractivity contribution in [1.29, 1.82) is 0 Å². The number of nitrogens with one attached hydrogen (secondary N) is 1. The van der Waals surface area contributed by atoms with Gasteiger partial charge < -0.3 is 5.32 Å². The van der Waals surface area contributed by atoms with Gasteiger partial charge in [-0.05, 0) is 25.9 Å². The minimum Gasteiger partial charge on any atom is -0.317 e. The second kappa shape index (κ2) is 5.75. The number of imide groups is 1. The van der Waals surface area contributed by atoms with Gasteiger partial charge in [0.25, 0.3) is 0 Å². The molecule has 0 atom stereocenters. The Morgan fingerprint density at radius 2 is 1.93 bits per heavy atom. The molecule has 14 heavy (non-hydrogen) atoms. The van der Waals surface area contributed by atoms with Gasteiger partial charge in [0, 0.05) is 19.4 Å². The van der Waals surface area contributed by atoms with Crippen LogP contribution in [0.5, 0.6) is 0 Å². The van der Waals surface area contributed by atoms with Crippen LogP contribution in [0, 0.1) is 0 Å². The molecule has 1 aliphatic rings. The smallest absolute Gasteiger partial charge is 0.229 e. The van der Waals surface area contributed by atoms with Gasteiger partial charge in [-0.3, -0.25) is 14.5 Å². The van der Waals surface area contributed by atoms with E-state index < -0.39 is 0 Å². The van der Waals surface area contributed by atoms with Gasteiger partial charge in [0.15, 0.2) is 0 Å². The molecule has 4 nitrogen and oxygen atoms in total. The van der Waals surface area contributed by atoms with E-state index in [9.17, 15) is 9.59 Å². The fourth-order valence-electron chi connectivity index (χ4n) is 1.59. The molecule has 0 radical (unpaired) electrons. The Balaban J connectivity index is 2.26. The lowest BCUT2D eigenvalue weighted by molar-refractivity contribution is -0.147. The van der Waals surface area contributed by atoms with Crippen LogP contribution in [-0.4, -0.2) is 36.3 Å². The molecule has 0 aromatic rings. The molecule has 0 spiro atoms. The third kappa shape index (κ3) is 3.10. The molecule has 1 saturated heterocycles. The first-order chi connectivity index (χ1) is 6.75. The normalized spacial score (nSPS) is 17.6. The molecule has 4 heteroatoms. The van der Waals surface area contributed by atoms with Crippen molar-refractivity contribution in [1.82, 2.24) is 10.2 Å². The lowest BCUT2D eigenvalue weighted by atomic mass is 10.1. The van der Waals surface area contributed by atoms with Crippen molar-refractivity contribution in [3.8, 4) is 0 Å². The second-order valence-corrected chi connectivity index (χ2v) is 3.50. The van der Waals surface area contributed by atoms with Gasteiger partial charge in [0.2, 0.25) is 11.8 Å². The van der Waals surface area contributed by atoms with Crippen LogP contribution in [0.25, 0.3) is 0 Å². The highest BCUT2D eigenvalue weighted by Crippen LogP contribution is 2.11. The van der Waals surface area contributed by atoms with Gasteiger partial charge in [0.1, 0.15) is 0 Å². The standard InChI is InChI=1S/C10H18N2O2/c1-2-11-7-4-8-12-9(13)5-3-6-10(12)14/h11H,2-8H2,1H3. The Bertz CT molecular complexity index is 200. The van der Waals surface area contributed by atoms with E-state index in [2.05, 4.69) is 5.32 Å². The molecule has 1 N–H and O–H groups in total. The van der Waals surface area contributed by atoms with E-state index in [-0.39, 0.29) is 11.8 Å². The molecule has 80 valence electrons. The number of hydrogen-bond acceptors (Lipinski definition) is 3. The monoisotopic (exact) mass is 198 g/mol. The molecule has 0 bridgehead atoms. The van der Waals surface area contributed by atoms with E-state index in [0.29, 0.717) is 19.4 Å². The second-order valence-electron chi connectivity index (χ2n) is 3.50. The van der Waals surface area contributed by atoms with Crippen molar-refractivity contribution in [2.24, 2.45) is 0 Å². The first-order valence-electron chi connectivity index (χ1n) is 5.29. The van der Waals surface area contributed by atoms with Crippen LogP contribution in [0.3, 0.4) is 0 Å². The van der Waals surface area contributed by atoms with Crippen molar-refractivity contribution in [2.75, 3.05) is 19.6 Å². The summed E-state index contributed by atoms with van der Waals surface area (Å²) >= 11 is 0. The van der Waals surface area contributed by atoms with Crippen LogP contribution in [0.4, 0.5) is 0 Å². The van der Waals surface area contributed by atoms with Crippen molar-refractivity contribution >= 4 is 11.8 Å². The number of amides is 2. The third-order valence-electron chi connectivity index (χ3n) is 2.37. The Morgan fingerprint density at radius 1 is 1.29 bits per heavy atom. The number of likely N-dealkylation sites (tertiary alicyclic amines) is 1. The quantitative estimate of drug-likeness (QED) is 0.517. The van der Waals surface area contributed by atoms with Gasteiger partial charge in [-0.15, -0.1) is 0 Å². The molecule has 0 aromatic carbocycles. The summed E-state index contributed by atoms with van der Waals surface area (Å²) in [5.74, 6) is -0.00417. The molecule has 0 saturated carbocycles. The summed E-state index contributed by atoms with van der Waals surface area (Å²) in [4.78, 5) is 24.1. The zero-order valence-electron chi connectivity index (χ0n) is 8.71. The zero-order chi connectivity index (χ0) is 10.4. The van der Waals surface area contributed by atoms with Gasteiger partial charge in [-0.1, -0.05) is 6.92 Å². The van der Waals surface area contributed by atoms with E-state index in [1.165, 1.54) is 4.90 Å². The Morgan fingerprint density at radius 3 is 2.50 bits per heavy atom. The van der Waals surface area contributed by atoms with Crippen molar-refractivity contribution in [3.05, 3.63) is 0 Å². The molecular weight excluding hydrogens is 180 g/mol. The maximum absolute atomic E-state index is 11.4. The molecule has 1 rings (SSSR count). The van der Waals surface area contributed by atoms with E-state index in [4.69, 9.17) is 0 Å². The van der Waals surface area contributed by atoms with Crippen molar-refractivity contribution in [2.45, 2.75) is 32.6 Å². The molecule has 1 fully saturated rings. The lowest BCUT2D eigenvalue weighted by Gasteiger charge is -2.24. The summed E-state index contributed by atoms with van der Waals surface area (Å²) in [5, 5.41) is 3.17. The summed E-state index contributed by atoms with van der Waals surface area (Å²) in [5.41, 5.74) is 0. The van der Waals surface area contributed by atoms with Crippen LogP contribution >= 0.6 is 0 Å². The molecule has 0 aliphatic carbocycles. The summed E-state index contributed by atoms with van der Waals surface area (Å²) < 4.78 is 0. The van der Waals surface area contributed by atoms with Crippen molar-refractivity contribution < 1.29 is 9.59 Å². The van der Waals surface area contributed by atoms with Crippen LogP contribution in [0.2, 0.25) is 0 Å². The predicted molar refractivity (Wildman–Crippen MR) is 53.7 cm³/mol. The van der Waals surface area contributed by atoms with E-state index >= 15 is 0 Å². The maximum atomic E-state index is 11.4. The molecule has 0 aromatic heterocycles. The highest BCUT2D eigenvalue weighted by atomic mass is 16.2. The first kappa shape index (κ1) is 11.2. The van der Waals surface area contributed by atoms with Gasteiger partial charge in [0.05, 0.1) is 0 Å². The third-order valence-corrected chi connectivity index (χ3v) is 2.37. The van der Waals surface area contributed by atoms with E-state index in [1.807, 2.05) is 6.92 Å². The average Bonchev–Trinajstić information content (AvgIpc) is 2.16. The molecule has 1 heterocycles. The highest BCUT2D eigenvalue weighted by Gasteiger charge is 2.24. The van der Waals surface area contributed by atoms with E-state index in [1.54, 1.807) is 0 Å². The van der Waals surface area contributed by atoms with Crippen molar-refractivity contribution in [3.63, 3.8) is 0 Å². The Kier molecular flexibility index (Phi) is 4.59. The topological polar surface area (TPSA) is 49.4 Å². The number of rotatable bonds is 5. The number of nitrogens with zero attached hydrogens (tertiary/aromatic N) is 1. The van der Waals surface area contributed by atoms with Crippen LogP contribution in [-0.2, 0) is 9.59 Å². The number of hydrogen-bond donors (Lipinski definition) is 1. The summed E-state index contributed by atoms with van der Waals surface area (Å²) in [6, 6.07) is 0. The summed E-state index contributed by atoms with van der Waals surface area (Å²) in [7, 11) is 0. The largest absolute Gasteiger partial charge is 0.317 e. The maximum Gasteiger partial charge on any atom is 0.229 e. The molecule has 0 unspecified atom stereocenters. The SMILES string of the molecule is CCNCCCN1C(=O)CCCC1=O. The zero-order valence-corrected chi connectivity index (χ0v) is 8.71. The number of carbonyl (C=O) groups excluding carboxylic acids is 2. The predicted octanol–water partition coefficient (Wildman–Crippen LogP) is 0.525. The lowest BCUT2D eigenvalue weighted by Crippen LogP contribution is -2.41. The first-order valence-corrected chi connectivity index (χ1v) is 5.29. The van der Waals surface area contributed by atoms with Crippen LogP contribution < -0.4 is 5.32 Å². The Hall–Kier alpha value is -0.900. The fraction of sp³-hybridized carbons (Fsp3) is 0.800. The van der Waals surface area contributed by atoms with Gasteiger partial charge in [-0.25, -0.2) is 0 Å². The molecule has 1 aliphatic heterocycles. The minimum absolute atomic E-state index is 0.00208. The molecular formula is C10H18N2O2. The fourth-order valence-corrected chi connectivity index (χ4v) is 1.59. The highest BCUT2D eigenvalue weighted by molar-refractivity contribution is 5.97. The average molecular weight is 198 g/mol. The van der Waals surface area contributed by atoms with E-state index in [0.717, 1.165) is 25.9 Å². The summed E-state index contributed by atoms with van der Waals surface area (Å²) in [6.07, 6.45) is 2.65.